The molecule has 0 radical (unpaired) electrons. The van der Waals surface area contributed by atoms with Gasteiger partial charge in [-0.2, -0.15) is 0 Å². The van der Waals surface area contributed by atoms with Crippen molar-refractivity contribution in [3.63, 3.8) is 0 Å². The van der Waals surface area contributed by atoms with Crippen LogP contribution in [-0.4, -0.2) is 46.7 Å². The summed E-state index contributed by atoms with van der Waals surface area (Å²) < 4.78 is 5.01. The molecule has 3 aromatic heterocycles. The van der Waals surface area contributed by atoms with Crippen molar-refractivity contribution >= 4 is 5.65 Å². The minimum atomic E-state index is -0.147. The first-order chi connectivity index (χ1) is 14.2. The van der Waals surface area contributed by atoms with Crippen LogP contribution in [0.25, 0.3) is 5.65 Å². The molecule has 1 saturated heterocycles. The molecule has 0 N–H and O–H groups in total. The first-order valence-electron chi connectivity index (χ1n) is 10.4. The van der Waals surface area contributed by atoms with Crippen LogP contribution in [0.2, 0.25) is 0 Å². The molecule has 1 aliphatic rings. The smallest absolute Gasteiger partial charge is 0.295 e. The molecular formula is C21H29N7O2. The van der Waals surface area contributed by atoms with Gasteiger partial charge in [0.1, 0.15) is 0 Å². The molecule has 3 aromatic rings. The van der Waals surface area contributed by atoms with Crippen LogP contribution in [-0.2, 0) is 25.6 Å². The summed E-state index contributed by atoms with van der Waals surface area (Å²) in [6, 6.07) is 1.66. The van der Waals surface area contributed by atoms with E-state index in [-0.39, 0.29) is 16.5 Å². The van der Waals surface area contributed by atoms with E-state index in [9.17, 15) is 9.59 Å². The summed E-state index contributed by atoms with van der Waals surface area (Å²) >= 11 is 0. The molecule has 1 aliphatic heterocycles. The van der Waals surface area contributed by atoms with Crippen molar-refractivity contribution in [3.05, 3.63) is 57.0 Å². The standard InChI is InChI=1S/C21H29N7O2/c1-21(2,3)16-11-18(29)27(14-22-16)12-15-5-7-26(8-6-15)13-17-23-24-19-20(30)25(4)9-10-28(17)19/h9-11,14-15H,5-8,12-13H2,1-4H3. The summed E-state index contributed by atoms with van der Waals surface area (Å²) in [6.07, 6.45) is 7.26. The van der Waals surface area contributed by atoms with E-state index in [2.05, 4.69) is 40.9 Å². The van der Waals surface area contributed by atoms with Crippen LogP contribution in [0.15, 0.2) is 34.4 Å². The third-order valence-electron chi connectivity index (χ3n) is 5.89. The SMILES string of the molecule is Cn1ccn2c(CN3CCC(Cn4cnc(C(C)(C)C)cc4=O)CC3)nnc2c1=O. The van der Waals surface area contributed by atoms with Gasteiger partial charge in [-0.1, -0.05) is 20.8 Å². The maximum Gasteiger partial charge on any atom is 0.295 e. The molecule has 0 atom stereocenters. The van der Waals surface area contributed by atoms with Gasteiger partial charge in [-0.05, 0) is 31.8 Å². The highest BCUT2D eigenvalue weighted by Gasteiger charge is 2.23. The molecule has 0 aliphatic carbocycles. The quantitative estimate of drug-likeness (QED) is 0.641. The van der Waals surface area contributed by atoms with Gasteiger partial charge in [0.2, 0.25) is 5.65 Å². The van der Waals surface area contributed by atoms with Gasteiger partial charge in [0.05, 0.1) is 18.6 Å². The van der Waals surface area contributed by atoms with E-state index >= 15 is 0 Å². The highest BCUT2D eigenvalue weighted by Crippen LogP contribution is 2.21. The second-order valence-electron chi connectivity index (χ2n) is 9.26. The average Bonchev–Trinajstić information content (AvgIpc) is 3.10. The third kappa shape index (κ3) is 4.07. The van der Waals surface area contributed by atoms with Gasteiger partial charge in [-0.15, -0.1) is 10.2 Å². The normalized spacial score (nSPS) is 16.4. The van der Waals surface area contributed by atoms with Crippen LogP contribution in [0, 0.1) is 5.92 Å². The molecule has 160 valence electrons. The number of piperidine rings is 1. The van der Waals surface area contributed by atoms with Crippen molar-refractivity contribution in [1.29, 1.82) is 0 Å². The Morgan fingerprint density at radius 1 is 1.10 bits per heavy atom. The molecule has 0 saturated carbocycles. The van der Waals surface area contributed by atoms with Gasteiger partial charge >= 0.3 is 0 Å². The molecule has 4 heterocycles. The summed E-state index contributed by atoms with van der Waals surface area (Å²) in [4.78, 5) is 31.4. The van der Waals surface area contributed by atoms with Gasteiger partial charge in [-0.3, -0.25) is 23.5 Å². The Morgan fingerprint density at radius 3 is 2.50 bits per heavy atom. The molecule has 30 heavy (non-hydrogen) atoms. The number of aromatic nitrogens is 6. The van der Waals surface area contributed by atoms with E-state index in [1.807, 2.05) is 6.20 Å². The maximum absolute atomic E-state index is 12.5. The van der Waals surface area contributed by atoms with Crippen LogP contribution in [0.1, 0.15) is 45.1 Å². The van der Waals surface area contributed by atoms with E-state index in [1.54, 1.807) is 34.6 Å². The average molecular weight is 412 g/mol. The van der Waals surface area contributed by atoms with Crippen molar-refractivity contribution < 1.29 is 0 Å². The van der Waals surface area contributed by atoms with Gasteiger partial charge in [0, 0.05) is 37.5 Å². The topological polar surface area (TPSA) is 90.3 Å². The summed E-state index contributed by atoms with van der Waals surface area (Å²) in [5.41, 5.74) is 0.935. The lowest BCUT2D eigenvalue weighted by molar-refractivity contribution is 0.162. The summed E-state index contributed by atoms with van der Waals surface area (Å²) in [7, 11) is 1.71. The Bertz CT molecular complexity index is 1160. The van der Waals surface area contributed by atoms with Crippen LogP contribution in [0.5, 0.6) is 0 Å². The van der Waals surface area contributed by atoms with Crippen molar-refractivity contribution in [3.8, 4) is 0 Å². The largest absolute Gasteiger partial charge is 0.314 e. The van der Waals surface area contributed by atoms with Gasteiger partial charge < -0.3 is 4.57 Å². The number of hydrogen-bond donors (Lipinski definition) is 0. The number of likely N-dealkylation sites (tertiary alicyclic amines) is 1. The number of aryl methyl sites for hydroxylation is 1. The summed E-state index contributed by atoms with van der Waals surface area (Å²) in [5, 5.41) is 8.28. The van der Waals surface area contributed by atoms with Crippen LogP contribution < -0.4 is 11.1 Å². The molecule has 0 bridgehead atoms. The molecule has 1 fully saturated rings. The zero-order chi connectivity index (χ0) is 21.5. The first-order valence-corrected chi connectivity index (χ1v) is 10.4. The van der Waals surface area contributed by atoms with Crippen molar-refractivity contribution in [2.45, 2.75) is 52.1 Å². The van der Waals surface area contributed by atoms with Crippen molar-refractivity contribution in [1.82, 2.24) is 33.6 Å². The van der Waals surface area contributed by atoms with Gasteiger partial charge in [-0.25, -0.2) is 4.98 Å². The van der Waals surface area contributed by atoms with E-state index < -0.39 is 0 Å². The molecule has 0 aromatic carbocycles. The lowest BCUT2D eigenvalue weighted by Gasteiger charge is -2.31. The Morgan fingerprint density at radius 2 is 1.83 bits per heavy atom. The molecule has 9 heteroatoms. The fraction of sp³-hybridized carbons (Fsp3) is 0.571. The van der Waals surface area contributed by atoms with Crippen LogP contribution >= 0.6 is 0 Å². The third-order valence-corrected chi connectivity index (χ3v) is 5.89. The van der Waals surface area contributed by atoms with Crippen molar-refractivity contribution in [2.75, 3.05) is 13.1 Å². The Labute approximate surface area is 175 Å². The molecular weight excluding hydrogens is 382 g/mol. The molecule has 0 amide bonds. The minimum absolute atomic E-state index is 0.0221. The second-order valence-corrected chi connectivity index (χ2v) is 9.26. The Kier molecular flexibility index (Phi) is 5.31. The minimum Gasteiger partial charge on any atom is -0.314 e. The first kappa shape index (κ1) is 20.5. The summed E-state index contributed by atoms with van der Waals surface area (Å²) in [6.45, 7) is 9.39. The van der Waals surface area contributed by atoms with Crippen LogP contribution in [0.3, 0.4) is 0 Å². The fourth-order valence-corrected chi connectivity index (χ4v) is 3.90. The lowest BCUT2D eigenvalue weighted by atomic mass is 9.92. The van der Waals surface area contributed by atoms with Gasteiger partial charge in [0.25, 0.3) is 11.1 Å². The van der Waals surface area contributed by atoms with Crippen molar-refractivity contribution in [2.24, 2.45) is 13.0 Å². The predicted octanol–water partition coefficient (Wildman–Crippen LogP) is 1.19. The number of hydrogen-bond acceptors (Lipinski definition) is 6. The highest BCUT2D eigenvalue weighted by molar-refractivity contribution is 5.34. The molecule has 4 rings (SSSR count). The maximum atomic E-state index is 12.5. The number of rotatable bonds is 4. The van der Waals surface area contributed by atoms with E-state index in [0.717, 1.165) is 37.4 Å². The second kappa shape index (κ2) is 7.79. The van der Waals surface area contributed by atoms with Gasteiger partial charge in [0.15, 0.2) is 5.82 Å². The molecule has 0 unspecified atom stereocenters. The monoisotopic (exact) mass is 411 g/mol. The molecule has 0 spiro atoms. The van der Waals surface area contributed by atoms with E-state index in [1.165, 1.54) is 4.57 Å². The zero-order valence-corrected chi connectivity index (χ0v) is 18.1. The highest BCUT2D eigenvalue weighted by atomic mass is 16.1. The number of nitrogens with zero attached hydrogens (tertiary/aromatic N) is 7. The zero-order valence-electron chi connectivity index (χ0n) is 18.1. The number of fused-ring (bicyclic) bond motifs is 1. The summed E-state index contributed by atoms with van der Waals surface area (Å²) in [5.74, 6) is 1.23. The molecule has 9 nitrogen and oxygen atoms in total. The van der Waals surface area contributed by atoms with E-state index in [4.69, 9.17) is 0 Å². The Hall–Kier alpha value is -2.81. The predicted molar refractivity (Wildman–Crippen MR) is 113 cm³/mol. The fourth-order valence-electron chi connectivity index (χ4n) is 3.90. The Balaban J connectivity index is 1.37. The lowest BCUT2D eigenvalue weighted by Crippen LogP contribution is -2.36. The van der Waals surface area contributed by atoms with E-state index in [0.29, 0.717) is 24.7 Å². The van der Waals surface area contributed by atoms with Crippen LogP contribution in [0.4, 0.5) is 0 Å².